The lowest BCUT2D eigenvalue weighted by molar-refractivity contribution is 0.415. The number of methoxy groups -OCH3 is 1. The monoisotopic (exact) mass is 275 g/mol. The highest BCUT2D eigenvalue weighted by atomic mass is 16.5. The van der Waals surface area contributed by atoms with Gasteiger partial charge in [0.2, 0.25) is 0 Å². The van der Waals surface area contributed by atoms with Crippen molar-refractivity contribution >= 4 is 10.9 Å². The predicted octanol–water partition coefficient (Wildman–Crippen LogP) is 0.101. The number of aromatic nitrogens is 3. The van der Waals surface area contributed by atoms with Crippen LogP contribution in [-0.2, 0) is 0 Å². The fraction of sp³-hybridized carbons (Fsp3) is 0.308. The van der Waals surface area contributed by atoms with Crippen LogP contribution in [0.2, 0.25) is 0 Å². The second-order valence-electron chi connectivity index (χ2n) is 4.84. The van der Waals surface area contributed by atoms with Gasteiger partial charge in [-0.1, -0.05) is 0 Å². The van der Waals surface area contributed by atoms with Gasteiger partial charge in [0, 0.05) is 6.04 Å². The Kier molecular flexibility index (Phi) is 2.47. The van der Waals surface area contributed by atoms with E-state index in [1.807, 2.05) is 0 Å². The maximum absolute atomic E-state index is 12.3. The SMILES string of the molecule is COc1ccc2c(c1)c(=O)n1c(=O)n(C(C)C)c(=O)n21. The third-order valence-corrected chi connectivity index (χ3v) is 3.35. The zero-order chi connectivity index (χ0) is 14.6. The van der Waals surface area contributed by atoms with Crippen molar-refractivity contribution in [2.75, 3.05) is 7.11 Å². The highest BCUT2D eigenvalue weighted by Crippen LogP contribution is 2.17. The van der Waals surface area contributed by atoms with Crippen LogP contribution < -0.4 is 21.7 Å². The number of hydrogen-bond donors (Lipinski definition) is 0. The molecule has 0 aliphatic rings. The molecule has 0 atom stereocenters. The molecule has 2 aromatic heterocycles. The van der Waals surface area contributed by atoms with Crippen LogP contribution in [0.4, 0.5) is 0 Å². The highest BCUT2D eigenvalue weighted by Gasteiger charge is 2.20. The van der Waals surface area contributed by atoms with E-state index < -0.39 is 16.9 Å². The Labute approximate surface area is 112 Å². The Bertz CT molecular complexity index is 977. The van der Waals surface area contributed by atoms with Crippen LogP contribution in [0.5, 0.6) is 5.75 Å². The molecule has 0 fully saturated rings. The summed E-state index contributed by atoms with van der Waals surface area (Å²) < 4.78 is 8.09. The van der Waals surface area contributed by atoms with Crippen molar-refractivity contribution in [2.45, 2.75) is 19.9 Å². The van der Waals surface area contributed by atoms with E-state index in [0.29, 0.717) is 11.3 Å². The van der Waals surface area contributed by atoms with Crippen LogP contribution in [-0.4, -0.2) is 20.7 Å². The summed E-state index contributed by atoms with van der Waals surface area (Å²) >= 11 is 0. The minimum Gasteiger partial charge on any atom is -0.497 e. The maximum atomic E-state index is 12.3. The van der Waals surface area contributed by atoms with Crippen molar-refractivity contribution in [3.8, 4) is 5.75 Å². The Morgan fingerprint density at radius 3 is 2.30 bits per heavy atom. The van der Waals surface area contributed by atoms with E-state index in [9.17, 15) is 14.4 Å². The molecule has 7 heteroatoms. The van der Waals surface area contributed by atoms with Crippen molar-refractivity contribution < 1.29 is 4.74 Å². The van der Waals surface area contributed by atoms with Crippen LogP contribution in [0.3, 0.4) is 0 Å². The van der Waals surface area contributed by atoms with E-state index in [-0.39, 0.29) is 11.4 Å². The van der Waals surface area contributed by atoms with E-state index in [1.165, 1.54) is 13.2 Å². The van der Waals surface area contributed by atoms with Gasteiger partial charge in [-0.15, -0.1) is 0 Å². The van der Waals surface area contributed by atoms with Crippen LogP contribution in [0, 0.1) is 0 Å². The molecule has 0 aliphatic carbocycles. The van der Waals surface area contributed by atoms with E-state index in [1.54, 1.807) is 26.0 Å². The lowest BCUT2D eigenvalue weighted by Gasteiger charge is -2.01. The molecule has 0 saturated heterocycles. The molecule has 0 spiro atoms. The van der Waals surface area contributed by atoms with Crippen LogP contribution in [0.25, 0.3) is 10.9 Å². The Hall–Kier alpha value is -2.57. The second kappa shape index (κ2) is 3.96. The quantitative estimate of drug-likeness (QED) is 0.665. The third kappa shape index (κ3) is 1.37. The largest absolute Gasteiger partial charge is 0.497 e. The van der Waals surface area contributed by atoms with Crippen molar-refractivity contribution in [1.29, 1.82) is 0 Å². The van der Waals surface area contributed by atoms with Crippen molar-refractivity contribution in [2.24, 2.45) is 0 Å². The van der Waals surface area contributed by atoms with Crippen LogP contribution >= 0.6 is 0 Å². The third-order valence-electron chi connectivity index (χ3n) is 3.35. The summed E-state index contributed by atoms with van der Waals surface area (Å²) in [6, 6.07) is 4.46. The molecule has 20 heavy (non-hydrogen) atoms. The molecule has 104 valence electrons. The summed E-state index contributed by atoms with van der Waals surface area (Å²) in [5.41, 5.74) is -1.25. The average Bonchev–Trinajstić information content (AvgIpc) is 2.84. The topological polar surface area (TPSA) is 74.2 Å². The van der Waals surface area contributed by atoms with E-state index in [2.05, 4.69) is 0 Å². The predicted molar refractivity (Wildman–Crippen MR) is 73.3 cm³/mol. The lowest BCUT2D eigenvalue weighted by atomic mass is 10.2. The molecular formula is C13H13N3O4. The molecule has 7 nitrogen and oxygen atoms in total. The van der Waals surface area contributed by atoms with Crippen LogP contribution in [0.1, 0.15) is 19.9 Å². The first-order valence-electron chi connectivity index (χ1n) is 6.17. The standard InChI is InChI=1S/C13H13N3O4/c1-7(2)14-12(18)15-10-5-4-8(20-3)6-9(10)11(17)16(15)13(14)19/h4-7H,1-3H3. The number of hydrogen-bond acceptors (Lipinski definition) is 4. The minimum atomic E-state index is -0.620. The Morgan fingerprint density at radius 2 is 1.70 bits per heavy atom. The normalized spacial score (nSPS) is 11.8. The van der Waals surface area contributed by atoms with Gasteiger partial charge < -0.3 is 4.74 Å². The van der Waals surface area contributed by atoms with Gasteiger partial charge in [0.25, 0.3) is 5.56 Å². The Balaban J connectivity index is 2.61. The van der Waals surface area contributed by atoms with Crippen molar-refractivity contribution in [3.63, 3.8) is 0 Å². The lowest BCUT2D eigenvalue weighted by Crippen LogP contribution is -2.31. The molecule has 0 N–H and O–H groups in total. The van der Waals surface area contributed by atoms with Gasteiger partial charge in [-0.05, 0) is 32.0 Å². The first-order chi connectivity index (χ1) is 9.47. The smallest absolute Gasteiger partial charge is 0.355 e. The number of fused-ring (bicyclic) bond motifs is 3. The minimum absolute atomic E-state index is 0.287. The molecule has 1 aromatic carbocycles. The zero-order valence-corrected chi connectivity index (χ0v) is 11.3. The zero-order valence-electron chi connectivity index (χ0n) is 11.3. The van der Waals surface area contributed by atoms with Crippen molar-refractivity contribution in [3.05, 3.63) is 49.5 Å². The van der Waals surface area contributed by atoms with Gasteiger partial charge in [0.05, 0.1) is 18.0 Å². The van der Waals surface area contributed by atoms with Gasteiger partial charge in [-0.2, -0.15) is 9.03 Å². The molecule has 3 aromatic rings. The summed E-state index contributed by atoms with van der Waals surface area (Å²) in [5, 5.41) is 0.287. The fourth-order valence-corrected chi connectivity index (χ4v) is 2.40. The van der Waals surface area contributed by atoms with Gasteiger partial charge in [-0.25, -0.2) is 14.2 Å². The maximum Gasteiger partial charge on any atom is 0.355 e. The number of rotatable bonds is 2. The van der Waals surface area contributed by atoms with Gasteiger partial charge in [0.1, 0.15) is 5.75 Å². The molecule has 2 heterocycles. The molecular weight excluding hydrogens is 262 g/mol. The number of ether oxygens (including phenoxy) is 1. The van der Waals surface area contributed by atoms with Gasteiger partial charge in [0.15, 0.2) is 0 Å². The summed E-state index contributed by atoms with van der Waals surface area (Å²) in [6.45, 7) is 3.44. The molecule has 0 amide bonds. The van der Waals surface area contributed by atoms with E-state index >= 15 is 0 Å². The van der Waals surface area contributed by atoms with Gasteiger partial charge in [-0.3, -0.25) is 4.79 Å². The summed E-state index contributed by atoms with van der Waals surface area (Å²) in [5.74, 6) is 0.500. The highest BCUT2D eigenvalue weighted by molar-refractivity contribution is 5.80. The first kappa shape index (κ1) is 12.5. The second-order valence-corrected chi connectivity index (χ2v) is 4.84. The first-order valence-corrected chi connectivity index (χ1v) is 6.17. The molecule has 0 unspecified atom stereocenters. The Morgan fingerprint density at radius 1 is 1.05 bits per heavy atom. The summed E-state index contributed by atoms with van der Waals surface area (Å²) in [7, 11) is 1.49. The van der Waals surface area contributed by atoms with Crippen LogP contribution in [0.15, 0.2) is 32.6 Å². The molecule has 0 bridgehead atoms. The molecule has 0 aliphatic heterocycles. The van der Waals surface area contributed by atoms with E-state index in [0.717, 1.165) is 13.6 Å². The van der Waals surface area contributed by atoms with Gasteiger partial charge >= 0.3 is 11.4 Å². The molecule has 0 radical (unpaired) electrons. The van der Waals surface area contributed by atoms with Crippen molar-refractivity contribution in [1.82, 2.24) is 13.6 Å². The average molecular weight is 275 g/mol. The van der Waals surface area contributed by atoms with E-state index in [4.69, 9.17) is 4.74 Å². The fourth-order valence-electron chi connectivity index (χ4n) is 2.40. The molecule has 3 rings (SSSR count). The summed E-state index contributed by atoms with van der Waals surface area (Å²) in [6.07, 6.45) is 0. The number of benzene rings is 1. The number of nitrogens with zero attached hydrogens (tertiary/aromatic N) is 3. The molecule has 0 saturated carbocycles. The summed E-state index contributed by atoms with van der Waals surface area (Å²) in [4.78, 5) is 36.8.